The molecular weight excluding hydrogens is 439 g/mol. The molecule has 1 aliphatic heterocycles. The Labute approximate surface area is 175 Å². The molecule has 0 aromatic heterocycles. The van der Waals surface area contributed by atoms with Crippen molar-refractivity contribution in [3.63, 3.8) is 0 Å². The van der Waals surface area contributed by atoms with Crippen molar-refractivity contribution in [3.8, 4) is 5.75 Å². The summed E-state index contributed by atoms with van der Waals surface area (Å²) in [7, 11) is 3.53. The molecule has 1 aliphatic rings. The maximum atomic E-state index is 5.29. The summed E-state index contributed by atoms with van der Waals surface area (Å²) in [5, 5.41) is 6.86. The zero-order chi connectivity index (χ0) is 17.9. The molecule has 0 spiro atoms. The van der Waals surface area contributed by atoms with E-state index in [1.807, 2.05) is 26.1 Å². The van der Waals surface area contributed by atoms with Gasteiger partial charge in [-0.25, -0.2) is 0 Å². The lowest BCUT2D eigenvalue weighted by atomic mass is 10.1. The summed E-state index contributed by atoms with van der Waals surface area (Å²) in [5.74, 6) is 1.76. The van der Waals surface area contributed by atoms with E-state index in [2.05, 4.69) is 44.8 Å². The van der Waals surface area contributed by atoms with E-state index in [4.69, 9.17) is 4.74 Å². The summed E-state index contributed by atoms with van der Waals surface area (Å²) >= 11 is 0. The Kier molecular flexibility index (Phi) is 11.4. The van der Waals surface area contributed by atoms with Crippen LogP contribution in [0.25, 0.3) is 0 Å². The largest absolute Gasteiger partial charge is 0.497 e. The first-order valence-corrected chi connectivity index (χ1v) is 9.22. The predicted molar refractivity (Wildman–Crippen MR) is 121 cm³/mol. The molecule has 2 rings (SSSR count). The fourth-order valence-electron chi connectivity index (χ4n) is 3.19. The van der Waals surface area contributed by atoms with Gasteiger partial charge >= 0.3 is 0 Å². The number of nitrogens with one attached hydrogen (secondary N) is 2. The van der Waals surface area contributed by atoms with Crippen molar-refractivity contribution in [1.29, 1.82) is 0 Å². The molecule has 0 bridgehead atoms. The normalized spacial score (nSPS) is 16.3. The molecule has 0 amide bonds. The summed E-state index contributed by atoms with van der Waals surface area (Å²) in [6, 6.07) is 8.78. The zero-order valence-electron chi connectivity index (χ0n) is 16.2. The van der Waals surface area contributed by atoms with Gasteiger partial charge in [0.1, 0.15) is 5.75 Å². The molecule has 26 heavy (non-hydrogen) atoms. The lowest BCUT2D eigenvalue weighted by Crippen LogP contribution is -2.42. The van der Waals surface area contributed by atoms with Gasteiger partial charge < -0.3 is 15.4 Å². The van der Waals surface area contributed by atoms with E-state index in [1.165, 1.54) is 18.4 Å². The Bertz CT molecular complexity index is 553. The average Bonchev–Trinajstić information content (AvgIpc) is 3.18. The highest BCUT2D eigenvalue weighted by atomic mass is 127. The number of nitrogens with zero attached hydrogens (tertiary/aromatic N) is 2. The summed E-state index contributed by atoms with van der Waals surface area (Å²) in [4.78, 5) is 6.89. The third-order valence-electron chi connectivity index (χ3n) is 4.61. The van der Waals surface area contributed by atoms with Crippen molar-refractivity contribution in [2.24, 2.45) is 4.99 Å². The van der Waals surface area contributed by atoms with Gasteiger partial charge in [0.05, 0.1) is 13.2 Å². The number of halogens is 1. The SMILES string of the molecule is C/C=C/CCNC(=NC)NCC(c1ccc(OC)cc1)N1CCCC1.I. The molecule has 1 aromatic rings. The zero-order valence-corrected chi connectivity index (χ0v) is 18.5. The van der Waals surface area contributed by atoms with Crippen LogP contribution in [-0.4, -0.2) is 51.2 Å². The smallest absolute Gasteiger partial charge is 0.191 e. The fourth-order valence-corrected chi connectivity index (χ4v) is 3.19. The predicted octanol–water partition coefficient (Wildman–Crippen LogP) is 3.58. The van der Waals surface area contributed by atoms with Crippen LogP contribution in [0, 0.1) is 0 Å². The minimum atomic E-state index is 0. The molecule has 1 heterocycles. The lowest BCUT2D eigenvalue weighted by molar-refractivity contribution is 0.245. The summed E-state index contributed by atoms with van der Waals surface area (Å²) < 4.78 is 5.29. The number of likely N-dealkylation sites (tertiary alicyclic amines) is 1. The van der Waals surface area contributed by atoms with Crippen LogP contribution in [0.5, 0.6) is 5.75 Å². The minimum absolute atomic E-state index is 0. The molecule has 1 fully saturated rings. The van der Waals surface area contributed by atoms with Crippen LogP contribution in [0.3, 0.4) is 0 Å². The minimum Gasteiger partial charge on any atom is -0.497 e. The number of guanidine groups is 1. The molecule has 146 valence electrons. The van der Waals surface area contributed by atoms with Crippen molar-refractivity contribution in [1.82, 2.24) is 15.5 Å². The van der Waals surface area contributed by atoms with Crippen molar-refractivity contribution in [3.05, 3.63) is 42.0 Å². The number of hydrogen-bond donors (Lipinski definition) is 2. The van der Waals surface area contributed by atoms with Gasteiger partial charge in [-0.2, -0.15) is 0 Å². The molecule has 0 radical (unpaired) electrons. The Balaban J connectivity index is 0.00000338. The number of ether oxygens (including phenoxy) is 1. The van der Waals surface area contributed by atoms with Gasteiger partial charge in [-0.3, -0.25) is 9.89 Å². The van der Waals surface area contributed by atoms with Crippen molar-refractivity contribution < 1.29 is 4.74 Å². The number of methoxy groups -OCH3 is 1. The molecule has 5 nitrogen and oxygen atoms in total. The lowest BCUT2D eigenvalue weighted by Gasteiger charge is -2.29. The van der Waals surface area contributed by atoms with Gasteiger partial charge in [-0.15, -0.1) is 24.0 Å². The average molecular weight is 472 g/mol. The van der Waals surface area contributed by atoms with Crippen LogP contribution < -0.4 is 15.4 Å². The van der Waals surface area contributed by atoms with Crippen LogP contribution in [0.4, 0.5) is 0 Å². The fraction of sp³-hybridized carbons (Fsp3) is 0.550. The molecule has 0 saturated carbocycles. The second kappa shape index (κ2) is 13.0. The van der Waals surface area contributed by atoms with E-state index in [-0.39, 0.29) is 24.0 Å². The Morgan fingerprint density at radius 1 is 1.23 bits per heavy atom. The van der Waals surface area contributed by atoms with E-state index in [0.717, 1.165) is 44.3 Å². The second-order valence-corrected chi connectivity index (χ2v) is 6.27. The van der Waals surface area contributed by atoms with Gasteiger partial charge in [0.25, 0.3) is 0 Å². The third-order valence-corrected chi connectivity index (χ3v) is 4.61. The highest BCUT2D eigenvalue weighted by Crippen LogP contribution is 2.26. The first-order valence-electron chi connectivity index (χ1n) is 9.22. The van der Waals surface area contributed by atoms with E-state index in [0.29, 0.717) is 6.04 Å². The topological polar surface area (TPSA) is 48.9 Å². The number of rotatable bonds is 8. The molecule has 1 unspecified atom stereocenters. The monoisotopic (exact) mass is 472 g/mol. The Morgan fingerprint density at radius 3 is 2.50 bits per heavy atom. The molecule has 1 saturated heterocycles. The third kappa shape index (κ3) is 7.15. The first kappa shape index (κ1) is 22.8. The first-order chi connectivity index (χ1) is 12.3. The standard InChI is InChI=1S/C20H32N4O.HI/c1-4-5-6-13-22-20(21-2)23-16-19(24-14-7-8-15-24)17-9-11-18(25-3)12-10-17;/h4-5,9-12,19H,6-8,13-16H2,1-3H3,(H2,21,22,23);1H/b5-4+;. The van der Waals surface area contributed by atoms with Crippen LogP contribution in [0.15, 0.2) is 41.4 Å². The van der Waals surface area contributed by atoms with Crippen LogP contribution >= 0.6 is 24.0 Å². The molecule has 0 aliphatic carbocycles. The van der Waals surface area contributed by atoms with Gasteiger partial charge in [-0.1, -0.05) is 24.3 Å². The number of allylic oxidation sites excluding steroid dienone is 1. The van der Waals surface area contributed by atoms with E-state index >= 15 is 0 Å². The van der Waals surface area contributed by atoms with Crippen molar-refractivity contribution in [2.75, 3.05) is 40.3 Å². The van der Waals surface area contributed by atoms with Gasteiger partial charge in [0.15, 0.2) is 5.96 Å². The van der Waals surface area contributed by atoms with Crippen molar-refractivity contribution in [2.45, 2.75) is 32.2 Å². The maximum absolute atomic E-state index is 5.29. The second-order valence-electron chi connectivity index (χ2n) is 6.27. The Morgan fingerprint density at radius 2 is 1.92 bits per heavy atom. The van der Waals surface area contributed by atoms with Gasteiger partial charge in [0, 0.05) is 20.1 Å². The van der Waals surface area contributed by atoms with Gasteiger partial charge in [0.2, 0.25) is 0 Å². The van der Waals surface area contributed by atoms with Crippen LogP contribution in [-0.2, 0) is 0 Å². The van der Waals surface area contributed by atoms with E-state index in [1.54, 1.807) is 7.11 Å². The Hall–Kier alpha value is -1.28. The van der Waals surface area contributed by atoms with E-state index < -0.39 is 0 Å². The molecule has 6 heteroatoms. The summed E-state index contributed by atoms with van der Waals surface area (Å²) in [5.41, 5.74) is 1.32. The van der Waals surface area contributed by atoms with E-state index in [9.17, 15) is 0 Å². The van der Waals surface area contributed by atoms with Crippen LogP contribution in [0.1, 0.15) is 37.8 Å². The van der Waals surface area contributed by atoms with Crippen molar-refractivity contribution >= 4 is 29.9 Å². The quantitative estimate of drug-likeness (QED) is 0.200. The highest BCUT2D eigenvalue weighted by Gasteiger charge is 2.23. The molecular formula is C20H33IN4O. The highest BCUT2D eigenvalue weighted by molar-refractivity contribution is 14.0. The number of aliphatic imine (C=N–C) groups is 1. The van der Waals surface area contributed by atoms with Gasteiger partial charge in [-0.05, 0) is 57.0 Å². The molecule has 1 atom stereocenters. The molecule has 1 aromatic carbocycles. The number of hydrogen-bond acceptors (Lipinski definition) is 3. The maximum Gasteiger partial charge on any atom is 0.191 e. The van der Waals surface area contributed by atoms with Crippen LogP contribution in [0.2, 0.25) is 0 Å². The molecule has 2 N–H and O–H groups in total. The summed E-state index contributed by atoms with van der Waals surface area (Å²) in [6.45, 7) is 6.09. The number of benzene rings is 1. The summed E-state index contributed by atoms with van der Waals surface area (Å²) in [6.07, 6.45) is 7.80.